The van der Waals surface area contributed by atoms with E-state index in [-0.39, 0.29) is 10.6 Å². The molecule has 6 heteroatoms. The Balaban J connectivity index is 2.22. The first-order valence-electron chi connectivity index (χ1n) is 6.38. The molecule has 0 bridgehead atoms. The van der Waals surface area contributed by atoms with Gasteiger partial charge in [-0.2, -0.15) is 0 Å². The maximum absolute atomic E-state index is 11.0. The Kier molecular flexibility index (Phi) is 3.39. The van der Waals surface area contributed by atoms with Crippen LogP contribution < -0.4 is 0 Å². The molecule has 3 rings (SSSR count). The number of aryl methyl sites for hydroxylation is 1. The molecule has 0 N–H and O–H groups in total. The van der Waals surface area contributed by atoms with Crippen LogP contribution in [0.25, 0.3) is 16.7 Å². The zero-order valence-electron chi connectivity index (χ0n) is 11.6. The summed E-state index contributed by atoms with van der Waals surface area (Å²) in [5.41, 5.74) is 2.53. The molecule has 0 spiro atoms. The average Bonchev–Trinajstić information content (AvgIpc) is 2.82. The quantitative estimate of drug-likeness (QED) is 0.417. The lowest BCUT2D eigenvalue weighted by Gasteiger charge is -2.07. The molecular weight excluding hydrogens is 286 g/mol. The number of thioether (sulfide) groups is 1. The summed E-state index contributed by atoms with van der Waals surface area (Å²) < 4.78 is 1.94. The van der Waals surface area contributed by atoms with Gasteiger partial charge in [0.2, 0.25) is 0 Å². The van der Waals surface area contributed by atoms with E-state index in [1.165, 1.54) is 11.0 Å². The summed E-state index contributed by atoms with van der Waals surface area (Å²) in [7, 11) is 0. The molecule has 0 saturated carbocycles. The molecule has 0 aliphatic rings. The first kappa shape index (κ1) is 13.6. The molecule has 5 nitrogen and oxygen atoms in total. The van der Waals surface area contributed by atoms with Crippen LogP contribution in [0.2, 0.25) is 0 Å². The first-order chi connectivity index (χ1) is 10.1. The van der Waals surface area contributed by atoms with Crippen molar-refractivity contribution in [2.45, 2.75) is 11.8 Å². The lowest BCUT2D eigenvalue weighted by atomic mass is 10.2. The number of benzene rings is 2. The van der Waals surface area contributed by atoms with Gasteiger partial charge in [-0.3, -0.25) is 14.7 Å². The van der Waals surface area contributed by atoms with E-state index in [0.29, 0.717) is 0 Å². The zero-order valence-corrected chi connectivity index (χ0v) is 12.4. The van der Waals surface area contributed by atoms with Gasteiger partial charge in [0.15, 0.2) is 0 Å². The second-order valence-electron chi connectivity index (χ2n) is 4.62. The topological polar surface area (TPSA) is 61.0 Å². The summed E-state index contributed by atoms with van der Waals surface area (Å²) in [5, 5.41) is 11.0. The van der Waals surface area contributed by atoms with Crippen molar-refractivity contribution >= 4 is 28.5 Å². The summed E-state index contributed by atoms with van der Waals surface area (Å²) in [6.45, 7) is 1.90. The van der Waals surface area contributed by atoms with Gasteiger partial charge in [0.1, 0.15) is 5.82 Å². The van der Waals surface area contributed by atoms with Crippen molar-refractivity contribution in [2.75, 3.05) is 6.26 Å². The van der Waals surface area contributed by atoms with Crippen molar-refractivity contribution in [2.24, 2.45) is 0 Å². The summed E-state index contributed by atoms with van der Waals surface area (Å²) in [6, 6.07) is 12.8. The fourth-order valence-corrected chi connectivity index (χ4v) is 2.76. The Bertz CT molecular complexity index is 825. The summed E-state index contributed by atoms with van der Waals surface area (Å²) in [6.07, 6.45) is 2.02. The highest BCUT2D eigenvalue weighted by Crippen LogP contribution is 2.26. The van der Waals surface area contributed by atoms with Crippen LogP contribution in [-0.4, -0.2) is 20.7 Å². The van der Waals surface area contributed by atoms with Gasteiger partial charge in [-0.1, -0.05) is 0 Å². The summed E-state index contributed by atoms with van der Waals surface area (Å²) in [4.78, 5) is 16.2. The van der Waals surface area contributed by atoms with E-state index in [9.17, 15) is 10.1 Å². The Morgan fingerprint density at radius 1 is 1.19 bits per heavy atom. The average molecular weight is 299 g/mol. The molecule has 3 aromatic rings. The van der Waals surface area contributed by atoms with Gasteiger partial charge in [0.05, 0.1) is 16.0 Å². The van der Waals surface area contributed by atoms with Crippen molar-refractivity contribution in [3.63, 3.8) is 0 Å². The Morgan fingerprint density at radius 3 is 2.52 bits per heavy atom. The van der Waals surface area contributed by atoms with E-state index in [0.717, 1.165) is 22.5 Å². The minimum Gasteiger partial charge on any atom is -0.296 e. The predicted octanol–water partition coefficient (Wildman–Crippen LogP) is 3.96. The van der Waals surface area contributed by atoms with Gasteiger partial charge in [0, 0.05) is 22.7 Å². The van der Waals surface area contributed by atoms with E-state index in [1.807, 2.05) is 42.0 Å². The van der Waals surface area contributed by atoms with Crippen LogP contribution in [0.4, 0.5) is 5.69 Å². The number of rotatable bonds is 3. The van der Waals surface area contributed by atoms with Gasteiger partial charge >= 0.3 is 0 Å². The number of non-ortho nitro benzene ring substituents is 1. The highest BCUT2D eigenvalue weighted by Gasteiger charge is 2.13. The number of nitro benzene ring substituents is 1. The third-order valence-corrected chi connectivity index (χ3v) is 4.09. The normalized spacial score (nSPS) is 11.0. The number of nitrogens with zero attached hydrogens (tertiary/aromatic N) is 3. The second kappa shape index (κ2) is 5.21. The summed E-state index contributed by atoms with van der Waals surface area (Å²) in [5.74, 6) is 0.808. The summed E-state index contributed by atoms with van der Waals surface area (Å²) >= 11 is 1.67. The second-order valence-corrected chi connectivity index (χ2v) is 5.50. The van der Waals surface area contributed by atoms with Crippen LogP contribution in [0.15, 0.2) is 47.4 Å². The lowest BCUT2D eigenvalue weighted by molar-refractivity contribution is -0.384. The van der Waals surface area contributed by atoms with Crippen molar-refractivity contribution in [1.82, 2.24) is 9.55 Å². The van der Waals surface area contributed by atoms with Crippen LogP contribution in [0, 0.1) is 17.0 Å². The fourth-order valence-electron chi connectivity index (χ4n) is 2.35. The van der Waals surface area contributed by atoms with Crippen LogP contribution in [0.3, 0.4) is 0 Å². The minimum absolute atomic E-state index is 0.0735. The van der Waals surface area contributed by atoms with E-state index in [1.54, 1.807) is 23.9 Å². The van der Waals surface area contributed by atoms with Crippen molar-refractivity contribution in [3.05, 3.63) is 58.4 Å². The molecule has 0 fully saturated rings. The van der Waals surface area contributed by atoms with Gasteiger partial charge in [-0.05, 0) is 43.5 Å². The molecule has 0 unspecified atom stereocenters. The number of nitro groups is 1. The predicted molar refractivity (Wildman–Crippen MR) is 84.2 cm³/mol. The maximum atomic E-state index is 11.0. The fraction of sp³-hybridized carbons (Fsp3) is 0.133. The van der Waals surface area contributed by atoms with Crippen molar-refractivity contribution in [3.8, 4) is 5.69 Å². The molecule has 0 saturated heterocycles. The number of hydrogen-bond acceptors (Lipinski definition) is 4. The van der Waals surface area contributed by atoms with Crippen molar-refractivity contribution < 1.29 is 4.92 Å². The Morgan fingerprint density at radius 2 is 1.90 bits per heavy atom. The molecule has 2 aromatic carbocycles. The van der Waals surface area contributed by atoms with Crippen LogP contribution in [0.1, 0.15) is 5.82 Å². The molecule has 1 aromatic heterocycles. The molecular formula is C15H13N3O2S. The molecule has 21 heavy (non-hydrogen) atoms. The number of imidazole rings is 1. The Hall–Kier alpha value is -2.34. The smallest absolute Gasteiger partial charge is 0.271 e. The maximum Gasteiger partial charge on any atom is 0.271 e. The first-order valence-corrected chi connectivity index (χ1v) is 7.60. The monoisotopic (exact) mass is 299 g/mol. The van der Waals surface area contributed by atoms with Gasteiger partial charge in [0.25, 0.3) is 5.69 Å². The third-order valence-electron chi connectivity index (χ3n) is 3.35. The van der Waals surface area contributed by atoms with Crippen LogP contribution in [-0.2, 0) is 0 Å². The van der Waals surface area contributed by atoms with Crippen LogP contribution >= 0.6 is 11.8 Å². The van der Waals surface area contributed by atoms with E-state index in [4.69, 9.17) is 0 Å². The number of hydrogen-bond donors (Lipinski definition) is 0. The van der Waals surface area contributed by atoms with Crippen LogP contribution in [0.5, 0.6) is 0 Å². The lowest BCUT2D eigenvalue weighted by Crippen LogP contribution is -1.97. The van der Waals surface area contributed by atoms with Gasteiger partial charge in [-0.25, -0.2) is 4.98 Å². The molecule has 106 valence electrons. The number of aromatic nitrogens is 2. The molecule has 0 atom stereocenters. The van der Waals surface area contributed by atoms with E-state index in [2.05, 4.69) is 4.98 Å². The van der Waals surface area contributed by atoms with E-state index >= 15 is 0 Å². The van der Waals surface area contributed by atoms with E-state index < -0.39 is 0 Å². The molecule has 1 heterocycles. The van der Waals surface area contributed by atoms with Gasteiger partial charge in [-0.15, -0.1) is 11.8 Å². The number of fused-ring (bicyclic) bond motifs is 1. The highest BCUT2D eigenvalue weighted by atomic mass is 32.2. The molecule has 0 amide bonds. The standard InChI is InChI=1S/C15H13N3O2S/c1-10-16-14-8-5-12(18(19)20)9-15(14)17(10)11-3-6-13(21-2)7-4-11/h3-9H,1-2H3. The zero-order chi connectivity index (χ0) is 15.0. The highest BCUT2D eigenvalue weighted by molar-refractivity contribution is 7.98. The van der Waals surface area contributed by atoms with Gasteiger partial charge < -0.3 is 0 Å². The Labute approximate surface area is 125 Å². The minimum atomic E-state index is -0.386. The van der Waals surface area contributed by atoms with Crippen molar-refractivity contribution in [1.29, 1.82) is 0 Å². The SMILES string of the molecule is CSc1ccc(-n2c(C)nc3ccc([N+](=O)[O-])cc32)cc1. The molecule has 0 aliphatic carbocycles. The third kappa shape index (κ3) is 2.38. The molecule has 0 radical (unpaired) electrons. The largest absolute Gasteiger partial charge is 0.296 e. The molecule has 0 aliphatic heterocycles.